The number of hydrogen-bond donors (Lipinski definition) is 2. The molecule has 2 aromatic heterocycles. The summed E-state index contributed by atoms with van der Waals surface area (Å²) in [5.74, 6) is 0.239. The van der Waals surface area contributed by atoms with Crippen molar-refractivity contribution in [1.82, 2.24) is 15.2 Å². The van der Waals surface area contributed by atoms with Crippen LogP contribution in [0.4, 0.5) is 5.00 Å². The van der Waals surface area contributed by atoms with E-state index in [9.17, 15) is 9.59 Å². The van der Waals surface area contributed by atoms with E-state index >= 15 is 0 Å². The van der Waals surface area contributed by atoms with E-state index in [0.29, 0.717) is 23.0 Å². The Hall–Kier alpha value is -2.62. The molecule has 31 heavy (non-hydrogen) atoms. The lowest BCUT2D eigenvalue weighted by atomic mass is 10.0. The summed E-state index contributed by atoms with van der Waals surface area (Å²) < 4.78 is 0. The molecule has 2 fully saturated rings. The van der Waals surface area contributed by atoms with Gasteiger partial charge in [-0.05, 0) is 56.8 Å². The molecule has 0 aliphatic carbocycles. The lowest BCUT2D eigenvalue weighted by Crippen LogP contribution is -2.48. The number of carbonyl (C=O) groups is 2. The quantitative estimate of drug-likeness (QED) is 0.492. The number of aliphatic imine (C=N–C) groups is 1. The average molecular weight is 456 g/mol. The second-order valence-electron chi connectivity index (χ2n) is 7.51. The van der Waals surface area contributed by atoms with Crippen molar-refractivity contribution in [3.05, 3.63) is 51.4 Å². The first kappa shape index (κ1) is 21.6. The lowest BCUT2D eigenvalue weighted by molar-refractivity contribution is -0.117. The molecule has 0 spiro atoms. The summed E-state index contributed by atoms with van der Waals surface area (Å²) in [5, 5.41) is 7.86. The molecule has 2 aliphatic heterocycles. The summed E-state index contributed by atoms with van der Waals surface area (Å²) in [6.07, 6.45) is 9.35. The molecule has 2 aromatic rings. The fourth-order valence-corrected chi connectivity index (χ4v) is 5.59. The second kappa shape index (κ2) is 9.67. The van der Waals surface area contributed by atoms with Crippen molar-refractivity contribution in [2.75, 3.05) is 25.0 Å². The molecule has 1 atom stereocenters. The Labute approximate surface area is 189 Å². The first-order valence-corrected chi connectivity index (χ1v) is 11.9. The van der Waals surface area contributed by atoms with Gasteiger partial charge in [-0.25, -0.2) is 4.98 Å². The Morgan fingerprint density at radius 3 is 2.87 bits per heavy atom. The minimum absolute atomic E-state index is 0.00616. The first-order valence-electron chi connectivity index (χ1n) is 10.3. The predicted molar refractivity (Wildman–Crippen MR) is 127 cm³/mol. The van der Waals surface area contributed by atoms with E-state index in [4.69, 9.17) is 0 Å². The van der Waals surface area contributed by atoms with Crippen LogP contribution in [0.5, 0.6) is 0 Å². The largest absolute Gasteiger partial charge is 0.336 e. The van der Waals surface area contributed by atoms with Crippen LogP contribution in [0.3, 0.4) is 0 Å². The fourth-order valence-electron chi connectivity index (χ4n) is 3.66. The Morgan fingerprint density at radius 1 is 1.32 bits per heavy atom. The number of nitrogens with zero attached hydrogens (tertiary/aromatic N) is 3. The first-order chi connectivity index (χ1) is 15.1. The van der Waals surface area contributed by atoms with Crippen molar-refractivity contribution >= 4 is 51.8 Å². The monoisotopic (exact) mass is 455 g/mol. The molecule has 0 radical (unpaired) electrons. The zero-order valence-corrected chi connectivity index (χ0v) is 19.0. The molecule has 0 saturated carbocycles. The van der Waals surface area contributed by atoms with Crippen LogP contribution in [0.2, 0.25) is 0 Å². The molecule has 0 aromatic carbocycles. The van der Waals surface area contributed by atoms with E-state index in [1.807, 2.05) is 30.2 Å². The predicted octanol–water partition coefficient (Wildman–Crippen LogP) is 3.75. The fraction of sp³-hybridized carbons (Fsp3) is 0.364. The molecule has 9 heteroatoms. The van der Waals surface area contributed by atoms with E-state index in [-0.39, 0.29) is 23.8 Å². The third kappa shape index (κ3) is 4.84. The highest BCUT2D eigenvalue weighted by atomic mass is 32.1. The summed E-state index contributed by atoms with van der Waals surface area (Å²) in [6.45, 7) is 7.64. The molecule has 2 amide bonds. The Balaban J connectivity index is 1.32. The number of hydrogen-bond acceptors (Lipinski definition) is 7. The molecule has 0 unspecified atom stereocenters. The normalized spacial score (nSPS) is 19.6. The van der Waals surface area contributed by atoms with Gasteiger partial charge in [-0.2, -0.15) is 0 Å². The SMILES string of the molecule is C=N/C=C\C(=C/C)c1cnc(C2CN(C(=O)c3ccc(NC(=O)[C@@H]4CCCN4)s3)C2)s1. The standard InChI is InChI=1S/C22H25N5O2S2/c1-3-14(8-10-23-2)18-11-25-21(31-18)15-12-27(13-15)22(29)17-6-7-19(30-17)26-20(28)16-5-4-9-24-16/h3,6-8,10-11,15-16,24H,2,4-5,9,12-13H2,1H3,(H,26,28)/b10-8-,14-3+/t16-/m0/s1. The van der Waals surface area contributed by atoms with Crippen molar-refractivity contribution in [2.45, 2.75) is 31.7 Å². The molecule has 2 saturated heterocycles. The summed E-state index contributed by atoms with van der Waals surface area (Å²) >= 11 is 2.98. The number of thiazole rings is 1. The van der Waals surface area contributed by atoms with Crippen molar-refractivity contribution in [3.63, 3.8) is 0 Å². The number of amides is 2. The number of allylic oxidation sites excluding steroid dienone is 3. The zero-order chi connectivity index (χ0) is 21.8. The highest BCUT2D eigenvalue weighted by Crippen LogP contribution is 2.34. The summed E-state index contributed by atoms with van der Waals surface area (Å²) in [4.78, 5) is 36.9. The highest BCUT2D eigenvalue weighted by Gasteiger charge is 2.35. The maximum atomic E-state index is 12.8. The topological polar surface area (TPSA) is 86.7 Å². The molecular weight excluding hydrogens is 430 g/mol. The van der Waals surface area contributed by atoms with Gasteiger partial charge in [0.1, 0.15) is 0 Å². The lowest BCUT2D eigenvalue weighted by Gasteiger charge is -2.37. The van der Waals surface area contributed by atoms with Crippen molar-refractivity contribution in [1.29, 1.82) is 0 Å². The van der Waals surface area contributed by atoms with Gasteiger partial charge in [-0.3, -0.25) is 14.6 Å². The van der Waals surface area contributed by atoms with Crippen LogP contribution in [0.1, 0.15) is 45.2 Å². The Bertz CT molecular complexity index is 1030. The van der Waals surface area contributed by atoms with E-state index in [2.05, 4.69) is 27.3 Å². The number of rotatable bonds is 7. The van der Waals surface area contributed by atoms with E-state index < -0.39 is 0 Å². The van der Waals surface area contributed by atoms with Gasteiger partial charge in [0.25, 0.3) is 5.91 Å². The number of likely N-dealkylation sites (tertiary alicyclic amines) is 1. The number of nitrogens with one attached hydrogen (secondary N) is 2. The summed E-state index contributed by atoms with van der Waals surface area (Å²) in [5.41, 5.74) is 1.06. The number of thiophene rings is 1. The zero-order valence-electron chi connectivity index (χ0n) is 17.3. The third-order valence-electron chi connectivity index (χ3n) is 5.44. The highest BCUT2D eigenvalue weighted by molar-refractivity contribution is 7.18. The number of carbonyl (C=O) groups excluding carboxylic acids is 2. The molecule has 2 N–H and O–H groups in total. The molecule has 0 bridgehead atoms. The van der Waals surface area contributed by atoms with Crippen LogP contribution >= 0.6 is 22.7 Å². The van der Waals surface area contributed by atoms with Crippen LogP contribution in [0.25, 0.3) is 5.57 Å². The minimum atomic E-state index is -0.132. The Kier molecular flexibility index (Phi) is 6.74. The van der Waals surface area contributed by atoms with Crippen LogP contribution in [-0.4, -0.2) is 54.1 Å². The van der Waals surface area contributed by atoms with Gasteiger partial charge < -0.3 is 15.5 Å². The van der Waals surface area contributed by atoms with E-state index in [1.165, 1.54) is 11.3 Å². The Morgan fingerprint density at radius 2 is 2.16 bits per heavy atom. The minimum Gasteiger partial charge on any atom is -0.336 e. The van der Waals surface area contributed by atoms with Gasteiger partial charge in [-0.1, -0.05) is 6.08 Å². The van der Waals surface area contributed by atoms with Gasteiger partial charge in [-0.15, -0.1) is 22.7 Å². The van der Waals surface area contributed by atoms with E-state index in [0.717, 1.165) is 34.8 Å². The summed E-state index contributed by atoms with van der Waals surface area (Å²) in [6, 6.07) is 3.46. The van der Waals surface area contributed by atoms with Crippen molar-refractivity contribution in [3.8, 4) is 0 Å². The van der Waals surface area contributed by atoms with Crippen LogP contribution in [-0.2, 0) is 4.79 Å². The van der Waals surface area contributed by atoms with Crippen LogP contribution < -0.4 is 10.6 Å². The molecule has 2 aliphatic rings. The van der Waals surface area contributed by atoms with Gasteiger partial charge in [0.05, 0.1) is 25.8 Å². The molecule has 162 valence electrons. The summed E-state index contributed by atoms with van der Waals surface area (Å²) in [7, 11) is 0. The number of aromatic nitrogens is 1. The molecule has 4 rings (SSSR count). The second-order valence-corrected chi connectivity index (χ2v) is 9.66. The van der Waals surface area contributed by atoms with Gasteiger partial charge in [0.2, 0.25) is 5.91 Å². The third-order valence-corrected chi connectivity index (χ3v) is 7.63. The van der Waals surface area contributed by atoms with E-state index in [1.54, 1.807) is 29.7 Å². The van der Waals surface area contributed by atoms with Crippen LogP contribution in [0.15, 0.2) is 41.7 Å². The van der Waals surface area contributed by atoms with Gasteiger partial charge in [0.15, 0.2) is 0 Å². The van der Waals surface area contributed by atoms with Crippen molar-refractivity contribution < 1.29 is 9.59 Å². The number of anilines is 1. The van der Waals surface area contributed by atoms with Gasteiger partial charge >= 0.3 is 0 Å². The maximum absolute atomic E-state index is 12.8. The van der Waals surface area contributed by atoms with Crippen LogP contribution in [0, 0.1) is 0 Å². The molecule has 4 heterocycles. The van der Waals surface area contributed by atoms with Crippen molar-refractivity contribution in [2.24, 2.45) is 4.99 Å². The maximum Gasteiger partial charge on any atom is 0.264 e. The smallest absolute Gasteiger partial charge is 0.264 e. The van der Waals surface area contributed by atoms with Gasteiger partial charge in [0, 0.05) is 31.4 Å². The average Bonchev–Trinajstić information content (AvgIpc) is 3.49. The molecule has 7 nitrogen and oxygen atoms in total. The molecular formula is C22H25N5O2S2.